The summed E-state index contributed by atoms with van der Waals surface area (Å²) in [7, 11) is 0. The monoisotopic (exact) mass is 343 g/mol. The zero-order chi connectivity index (χ0) is 12.3. The van der Waals surface area contributed by atoms with Gasteiger partial charge in [-0.15, -0.1) is 0 Å². The number of carboxylic acids is 1. The maximum Gasteiger partial charge on any atom is 0.354 e. The number of anilines is 1. The zero-order valence-electron chi connectivity index (χ0n) is 8.77. The molecule has 0 fully saturated rings. The van der Waals surface area contributed by atoms with Gasteiger partial charge in [-0.05, 0) is 40.8 Å². The Balaban J connectivity index is 2.07. The number of aromatic nitrogens is 2. The molecule has 0 atom stereocenters. The van der Waals surface area contributed by atoms with Crippen LogP contribution in [0.2, 0.25) is 0 Å². The van der Waals surface area contributed by atoms with Crippen LogP contribution in [0.4, 0.5) is 5.69 Å². The molecule has 0 saturated carbocycles. The van der Waals surface area contributed by atoms with Crippen LogP contribution < -0.4 is 5.32 Å². The second kappa shape index (κ2) is 5.17. The fraction of sp³-hybridized carbons (Fsp3) is 0.0909. The van der Waals surface area contributed by atoms with E-state index in [2.05, 4.69) is 38.1 Å². The first-order chi connectivity index (χ1) is 8.16. The van der Waals surface area contributed by atoms with Gasteiger partial charge in [0.25, 0.3) is 0 Å². The molecule has 3 N–H and O–H groups in total. The van der Waals surface area contributed by atoms with Crippen molar-refractivity contribution < 1.29 is 9.90 Å². The van der Waals surface area contributed by atoms with Gasteiger partial charge in [0.1, 0.15) is 5.69 Å². The van der Waals surface area contributed by atoms with E-state index >= 15 is 0 Å². The third-order valence-electron chi connectivity index (χ3n) is 2.24. The van der Waals surface area contributed by atoms with E-state index in [0.717, 1.165) is 9.26 Å². The molecule has 5 nitrogen and oxygen atoms in total. The zero-order valence-corrected chi connectivity index (χ0v) is 10.9. The van der Waals surface area contributed by atoms with Gasteiger partial charge in [-0.2, -0.15) is 5.10 Å². The van der Waals surface area contributed by atoms with E-state index in [1.807, 2.05) is 24.3 Å². The molecule has 0 unspecified atom stereocenters. The second-order valence-corrected chi connectivity index (χ2v) is 4.68. The number of benzene rings is 1. The average molecular weight is 343 g/mol. The normalized spacial score (nSPS) is 10.2. The van der Waals surface area contributed by atoms with E-state index in [4.69, 9.17) is 5.11 Å². The van der Waals surface area contributed by atoms with Crippen molar-refractivity contribution in [3.8, 4) is 0 Å². The van der Waals surface area contributed by atoms with E-state index in [-0.39, 0.29) is 5.69 Å². The maximum absolute atomic E-state index is 10.8. The summed E-state index contributed by atoms with van der Waals surface area (Å²) in [5.74, 6) is -0.998. The van der Waals surface area contributed by atoms with Crippen LogP contribution in [0.15, 0.2) is 30.5 Å². The molecule has 1 aromatic heterocycles. The Kier molecular flexibility index (Phi) is 3.62. The van der Waals surface area contributed by atoms with Gasteiger partial charge < -0.3 is 10.4 Å². The van der Waals surface area contributed by atoms with Crippen LogP contribution in [0.1, 0.15) is 16.1 Å². The topological polar surface area (TPSA) is 78.0 Å². The molecule has 17 heavy (non-hydrogen) atoms. The van der Waals surface area contributed by atoms with E-state index < -0.39 is 5.97 Å². The molecule has 1 heterocycles. The summed E-state index contributed by atoms with van der Waals surface area (Å²) >= 11 is 2.22. The van der Waals surface area contributed by atoms with Crippen molar-refractivity contribution in [2.75, 3.05) is 5.32 Å². The number of carboxylic acid groups (broad SMARTS) is 1. The molecule has 2 aromatic rings. The molecule has 2 rings (SSSR count). The van der Waals surface area contributed by atoms with Crippen molar-refractivity contribution in [3.63, 3.8) is 0 Å². The Bertz CT molecular complexity index is 539. The number of rotatable bonds is 4. The summed E-state index contributed by atoms with van der Waals surface area (Å²) in [4.78, 5) is 10.8. The first-order valence-corrected chi connectivity index (χ1v) is 5.99. The molecule has 0 spiro atoms. The minimum atomic E-state index is -0.998. The molecule has 0 aliphatic carbocycles. The summed E-state index contributed by atoms with van der Waals surface area (Å²) < 4.78 is 1.12. The molecule has 0 saturated heterocycles. The van der Waals surface area contributed by atoms with E-state index in [9.17, 15) is 4.79 Å². The molecule has 0 aliphatic heterocycles. The highest BCUT2D eigenvalue weighted by Gasteiger charge is 2.11. The van der Waals surface area contributed by atoms with Gasteiger partial charge in [-0.25, -0.2) is 4.79 Å². The number of hydrogen-bond donors (Lipinski definition) is 3. The molecular weight excluding hydrogens is 333 g/mol. The lowest BCUT2D eigenvalue weighted by molar-refractivity contribution is 0.0689. The smallest absolute Gasteiger partial charge is 0.354 e. The Hall–Kier alpha value is -1.57. The predicted octanol–water partition coefficient (Wildman–Crippen LogP) is 2.32. The van der Waals surface area contributed by atoms with Crippen molar-refractivity contribution >= 4 is 34.2 Å². The number of hydrogen-bond acceptors (Lipinski definition) is 3. The fourth-order valence-corrected chi connectivity index (χ4v) is 1.97. The lowest BCUT2D eigenvalue weighted by Gasteiger charge is -2.05. The number of aromatic amines is 1. The largest absolute Gasteiger partial charge is 0.477 e. The van der Waals surface area contributed by atoms with Crippen LogP contribution in [-0.4, -0.2) is 21.3 Å². The molecular formula is C11H10IN3O2. The predicted molar refractivity (Wildman–Crippen MR) is 72.0 cm³/mol. The van der Waals surface area contributed by atoms with Gasteiger partial charge >= 0.3 is 5.97 Å². The van der Waals surface area contributed by atoms with E-state index in [0.29, 0.717) is 12.1 Å². The molecule has 0 aliphatic rings. The van der Waals surface area contributed by atoms with Gasteiger partial charge in [-0.1, -0.05) is 6.07 Å². The Morgan fingerprint density at radius 1 is 1.53 bits per heavy atom. The highest BCUT2D eigenvalue weighted by atomic mass is 127. The van der Waals surface area contributed by atoms with Crippen LogP contribution in [0.3, 0.4) is 0 Å². The lowest BCUT2D eigenvalue weighted by atomic mass is 10.2. The third kappa shape index (κ3) is 2.96. The molecule has 6 heteroatoms. The van der Waals surface area contributed by atoms with Crippen molar-refractivity contribution in [1.82, 2.24) is 10.2 Å². The second-order valence-electron chi connectivity index (χ2n) is 3.44. The van der Waals surface area contributed by atoms with Crippen LogP contribution in [0, 0.1) is 3.57 Å². The highest BCUT2D eigenvalue weighted by molar-refractivity contribution is 14.1. The number of nitrogens with one attached hydrogen (secondary N) is 2. The summed E-state index contributed by atoms with van der Waals surface area (Å²) in [6.45, 7) is 0.429. The molecule has 88 valence electrons. The van der Waals surface area contributed by atoms with Gasteiger partial charge in [-0.3, -0.25) is 5.10 Å². The van der Waals surface area contributed by atoms with E-state index in [1.54, 1.807) is 0 Å². The molecule has 0 bridgehead atoms. The van der Waals surface area contributed by atoms with Crippen molar-refractivity contribution in [1.29, 1.82) is 0 Å². The highest BCUT2D eigenvalue weighted by Crippen LogP contribution is 2.14. The van der Waals surface area contributed by atoms with Gasteiger partial charge in [0.2, 0.25) is 0 Å². The van der Waals surface area contributed by atoms with Gasteiger partial charge in [0.15, 0.2) is 0 Å². The van der Waals surface area contributed by atoms with Crippen LogP contribution in [0.25, 0.3) is 0 Å². The SMILES string of the molecule is O=C(O)c1[nH]ncc1CNc1cccc(I)c1. The van der Waals surface area contributed by atoms with Crippen LogP contribution in [-0.2, 0) is 6.54 Å². The fourth-order valence-electron chi connectivity index (χ4n) is 1.43. The first kappa shape index (κ1) is 11.9. The Morgan fingerprint density at radius 3 is 3.06 bits per heavy atom. The van der Waals surface area contributed by atoms with Crippen LogP contribution in [0.5, 0.6) is 0 Å². The number of nitrogens with zero attached hydrogens (tertiary/aromatic N) is 1. The Labute approximate surface area is 111 Å². The number of halogens is 1. The molecule has 0 radical (unpaired) electrons. The van der Waals surface area contributed by atoms with Crippen molar-refractivity contribution in [3.05, 3.63) is 45.3 Å². The lowest BCUT2D eigenvalue weighted by Crippen LogP contribution is -2.06. The van der Waals surface area contributed by atoms with Crippen LogP contribution >= 0.6 is 22.6 Å². The summed E-state index contributed by atoms with van der Waals surface area (Å²) in [6, 6.07) is 7.85. The number of carbonyl (C=O) groups is 1. The average Bonchev–Trinajstić information content (AvgIpc) is 2.74. The summed E-state index contributed by atoms with van der Waals surface area (Å²) in [5, 5.41) is 18.2. The molecule has 1 aromatic carbocycles. The number of aromatic carboxylic acids is 1. The Morgan fingerprint density at radius 2 is 2.35 bits per heavy atom. The minimum absolute atomic E-state index is 0.128. The summed E-state index contributed by atoms with van der Waals surface area (Å²) in [5.41, 5.74) is 1.72. The van der Waals surface area contributed by atoms with Crippen molar-refractivity contribution in [2.45, 2.75) is 6.54 Å². The van der Waals surface area contributed by atoms with Crippen molar-refractivity contribution in [2.24, 2.45) is 0 Å². The van der Waals surface area contributed by atoms with Gasteiger partial charge in [0.05, 0.1) is 6.20 Å². The third-order valence-corrected chi connectivity index (χ3v) is 2.91. The standard InChI is InChI=1S/C11H10IN3O2/c12-8-2-1-3-9(4-8)13-5-7-6-14-15-10(7)11(16)17/h1-4,6,13H,5H2,(H,14,15)(H,16,17). The van der Waals surface area contributed by atoms with E-state index in [1.165, 1.54) is 6.20 Å². The summed E-state index contributed by atoms with van der Waals surface area (Å²) in [6.07, 6.45) is 1.52. The number of H-pyrrole nitrogens is 1. The van der Waals surface area contributed by atoms with Gasteiger partial charge in [0, 0.05) is 21.4 Å². The first-order valence-electron chi connectivity index (χ1n) is 4.92. The minimum Gasteiger partial charge on any atom is -0.477 e. The molecule has 0 amide bonds. The maximum atomic E-state index is 10.8. The quantitative estimate of drug-likeness (QED) is 0.745.